The SMILES string of the molecule is CCc1cc2c(OCCOOC)ncnc2n1Cc1ccccc1. The fourth-order valence-electron chi connectivity index (χ4n) is 2.70. The molecule has 126 valence electrons. The second-order valence-electron chi connectivity index (χ2n) is 5.31. The largest absolute Gasteiger partial charge is 0.475 e. The van der Waals surface area contributed by atoms with Crippen LogP contribution in [0.15, 0.2) is 42.7 Å². The van der Waals surface area contributed by atoms with Crippen LogP contribution >= 0.6 is 0 Å². The van der Waals surface area contributed by atoms with Crippen LogP contribution in [-0.4, -0.2) is 34.9 Å². The number of hydrogen-bond donors (Lipinski definition) is 0. The molecule has 0 aliphatic heterocycles. The van der Waals surface area contributed by atoms with Crippen LogP contribution in [-0.2, 0) is 22.7 Å². The van der Waals surface area contributed by atoms with Crippen LogP contribution in [0.25, 0.3) is 11.0 Å². The predicted molar refractivity (Wildman–Crippen MR) is 90.9 cm³/mol. The van der Waals surface area contributed by atoms with E-state index in [1.54, 1.807) is 0 Å². The molecule has 6 heteroatoms. The molecule has 6 nitrogen and oxygen atoms in total. The van der Waals surface area contributed by atoms with Gasteiger partial charge in [-0.15, -0.1) is 0 Å². The highest BCUT2D eigenvalue weighted by atomic mass is 17.2. The smallest absolute Gasteiger partial charge is 0.226 e. The quantitative estimate of drug-likeness (QED) is 0.362. The average molecular weight is 327 g/mol. The summed E-state index contributed by atoms with van der Waals surface area (Å²) in [5.74, 6) is 0.571. The zero-order chi connectivity index (χ0) is 16.8. The topological polar surface area (TPSA) is 58.4 Å². The van der Waals surface area contributed by atoms with E-state index in [2.05, 4.69) is 44.5 Å². The number of aryl methyl sites for hydroxylation is 1. The van der Waals surface area contributed by atoms with Crippen molar-refractivity contribution >= 4 is 11.0 Å². The molecule has 24 heavy (non-hydrogen) atoms. The molecule has 0 amide bonds. The Morgan fingerprint density at radius 3 is 2.67 bits per heavy atom. The Bertz CT molecular complexity index is 787. The molecule has 0 fully saturated rings. The normalized spacial score (nSPS) is 11.1. The van der Waals surface area contributed by atoms with Crippen molar-refractivity contribution in [2.24, 2.45) is 0 Å². The van der Waals surface area contributed by atoms with Crippen molar-refractivity contribution in [3.8, 4) is 5.88 Å². The van der Waals surface area contributed by atoms with Gasteiger partial charge in [-0.25, -0.2) is 19.7 Å². The van der Waals surface area contributed by atoms with Gasteiger partial charge >= 0.3 is 0 Å². The van der Waals surface area contributed by atoms with Gasteiger partial charge in [0.25, 0.3) is 0 Å². The third-order valence-electron chi connectivity index (χ3n) is 3.81. The van der Waals surface area contributed by atoms with Crippen LogP contribution in [0, 0.1) is 0 Å². The average Bonchev–Trinajstić information content (AvgIpc) is 2.98. The van der Waals surface area contributed by atoms with Crippen LogP contribution in [0.5, 0.6) is 5.88 Å². The Morgan fingerprint density at radius 1 is 1.08 bits per heavy atom. The van der Waals surface area contributed by atoms with Crippen molar-refractivity contribution < 1.29 is 14.5 Å². The summed E-state index contributed by atoms with van der Waals surface area (Å²) in [5.41, 5.74) is 3.32. The van der Waals surface area contributed by atoms with E-state index in [9.17, 15) is 0 Å². The molecule has 0 saturated carbocycles. The van der Waals surface area contributed by atoms with Gasteiger partial charge < -0.3 is 9.30 Å². The molecule has 0 N–H and O–H groups in total. The lowest BCUT2D eigenvalue weighted by atomic mass is 10.2. The number of nitrogens with zero attached hydrogens (tertiary/aromatic N) is 3. The molecule has 0 atom stereocenters. The Balaban J connectivity index is 1.91. The minimum atomic E-state index is 0.341. The van der Waals surface area contributed by atoms with Crippen molar-refractivity contribution in [3.63, 3.8) is 0 Å². The fraction of sp³-hybridized carbons (Fsp3) is 0.333. The van der Waals surface area contributed by atoms with Gasteiger partial charge in [0.15, 0.2) is 0 Å². The van der Waals surface area contributed by atoms with E-state index in [1.807, 2.05) is 18.2 Å². The van der Waals surface area contributed by atoms with Crippen molar-refractivity contribution in [3.05, 3.63) is 54.0 Å². The molecule has 0 unspecified atom stereocenters. The van der Waals surface area contributed by atoms with E-state index in [4.69, 9.17) is 9.62 Å². The molecular formula is C18H21N3O3. The number of ether oxygens (including phenoxy) is 1. The lowest BCUT2D eigenvalue weighted by molar-refractivity contribution is -0.275. The Labute approximate surface area is 140 Å². The molecule has 0 spiro atoms. The van der Waals surface area contributed by atoms with E-state index >= 15 is 0 Å². The number of aromatic nitrogens is 3. The molecule has 3 aromatic rings. The lowest BCUT2D eigenvalue weighted by Gasteiger charge is -2.09. The summed E-state index contributed by atoms with van der Waals surface area (Å²) in [6, 6.07) is 12.5. The van der Waals surface area contributed by atoms with Gasteiger partial charge in [0, 0.05) is 12.2 Å². The molecule has 3 rings (SSSR count). The van der Waals surface area contributed by atoms with Crippen LogP contribution in [0.2, 0.25) is 0 Å². The molecule has 0 radical (unpaired) electrons. The summed E-state index contributed by atoms with van der Waals surface area (Å²) in [6.07, 6.45) is 2.45. The van der Waals surface area contributed by atoms with E-state index in [0.29, 0.717) is 19.1 Å². The van der Waals surface area contributed by atoms with Gasteiger partial charge in [0.05, 0.1) is 12.5 Å². The van der Waals surface area contributed by atoms with Crippen LogP contribution in [0.1, 0.15) is 18.2 Å². The summed E-state index contributed by atoms with van der Waals surface area (Å²) < 4.78 is 7.93. The lowest BCUT2D eigenvalue weighted by Crippen LogP contribution is -2.08. The highest BCUT2D eigenvalue weighted by Gasteiger charge is 2.14. The molecule has 0 aliphatic rings. The maximum absolute atomic E-state index is 5.71. The Hall–Kier alpha value is -2.44. The van der Waals surface area contributed by atoms with Crippen LogP contribution < -0.4 is 4.74 Å². The summed E-state index contributed by atoms with van der Waals surface area (Å²) >= 11 is 0. The molecule has 2 aromatic heterocycles. The minimum Gasteiger partial charge on any atom is -0.475 e. The standard InChI is InChI=1S/C18H21N3O3/c1-3-15-11-16-17(21(15)12-14-7-5-4-6-8-14)19-13-20-18(16)23-9-10-24-22-2/h4-8,11,13H,3,9-10,12H2,1-2H3. The summed E-state index contributed by atoms with van der Waals surface area (Å²) in [6.45, 7) is 3.62. The maximum atomic E-state index is 5.71. The first-order valence-corrected chi connectivity index (χ1v) is 7.99. The Kier molecular flexibility index (Phi) is 5.40. The van der Waals surface area contributed by atoms with Gasteiger partial charge in [-0.1, -0.05) is 37.3 Å². The van der Waals surface area contributed by atoms with Crippen molar-refractivity contribution in [1.82, 2.24) is 14.5 Å². The first kappa shape index (κ1) is 16.4. The first-order valence-electron chi connectivity index (χ1n) is 7.99. The zero-order valence-corrected chi connectivity index (χ0v) is 13.9. The molecule has 0 bridgehead atoms. The molecule has 0 saturated heterocycles. The molecular weight excluding hydrogens is 306 g/mol. The highest BCUT2D eigenvalue weighted by Crippen LogP contribution is 2.26. The van der Waals surface area contributed by atoms with Gasteiger partial charge in [0.1, 0.15) is 25.2 Å². The second kappa shape index (κ2) is 7.90. The number of rotatable bonds is 8. The van der Waals surface area contributed by atoms with Gasteiger partial charge in [-0.3, -0.25) is 0 Å². The Morgan fingerprint density at radius 2 is 1.92 bits per heavy atom. The summed E-state index contributed by atoms with van der Waals surface area (Å²) in [7, 11) is 1.47. The third-order valence-corrected chi connectivity index (χ3v) is 3.81. The van der Waals surface area contributed by atoms with E-state index in [1.165, 1.54) is 24.7 Å². The molecule has 1 aromatic carbocycles. The van der Waals surface area contributed by atoms with E-state index < -0.39 is 0 Å². The fourth-order valence-corrected chi connectivity index (χ4v) is 2.70. The first-order chi connectivity index (χ1) is 11.8. The van der Waals surface area contributed by atoms with Crippen LogP contribution in [0.4, 0.5) is 0 Å². The summed E-state index contributed by atoms with van der Waals surface area (Å²) in [5, 5.41) is 0.919. The van der Waals surface area contributed by atoms with Gasteiger partial charge in [0.2, 0.25) is 5.88 Å². The monoisotopic (exact) mass is 327 g/mol. The van der Waals surface area contributed by atoms with Crippen LogP contribution in [0.3, 0.4) is 0 Å². The van der Waals surface area contributed by atoms with E-state index in [0.717, 1.165) is 24.0 Å². The zero-order valence-electron chi connectivity index (χ0n) is 13.9. The van der Waals surface area contributed by atoms with E-state index in [-0.39, 0.29) is 0 Å². The molecule has 2 heterocycles. The van der Waals surface area contributed by atoms with Gasteiger partial charge in [-0.05, 0) is 18.1 Å². The van der Waals surface area contributed by atoms with Crippen molar-refractivity contribution in [2.45, 2.75) is 19.9 Å². The number of benzene rings is 1. The molecule has 0 aliphatic carbocycles. The highest BCUT2D eigenvalue weighted by molar-refractivity contribution is 5.82. The van der Waals surface area contributed by atoms with Gasteiger partial charge in [-0.2, -0.15) is 0 Å². The van der Waals surface area contributed by atoms with Crippen molar-refractivity contribution in [1.29, 1.82) is 0 Å². The second-order valence-corrected chi connectivity index (χ2v) is 5.31. The van der Waals surface area contributed by atoms with Crippen molar-refractivity contribution in [2.75, 3.05) is 20.3 Å². The predicted octanol–water partition coefficient (Wildman–Crippen LogP) is 3.00. The number of fused-ring (bicyclic) bond motifs is 1. The third kappa shape index (κ3) is 3.55. The minimum absolute atomic E-state index is 0.341. The maximum Gasteiger partial charge on any atom is 0.226 e. The summed E-state index contributed by atoms with van der Waals surface area (Å²) in [4.78, 5) is 18.1. The number of hydrogen-bond acceptors (Lipinski definition) is 5.